The molecule has 4 aromatic rings. The Bertz CT molecular complexity index is 1530. The van der Waals surface area contributed by atoms with Crippen LogP contribution in [0.4, 0.5) is 11.4 Å². The molecule has 0 spiro atoms. The SMILES string of the molecule is CC[B-](CC)[Si](CC)N(c1c(C(C)C)cccc1C(C)C)P(=Nc1c(C(C)C)cccc1C(C)C)(c1ccccc1)c1ccccc1. The molecule has 0 saturated carbocycles. The molecular weight excluding hydrogens is 602 g/mol. The maximum atomic E-state index is 6.43. The molecule has 5 heteroatoms. The zero-order valence-corrected chi connectivity index (χ0v) is 33.0. The monoisotopic (exact) mass is 661 g/mol. The fourth-order valence-corrected chi connectivity index (χ4v) is 16.4. The molecule has 0 amide bonds. The van der Waals surface area contributed by atoms with Crippen LogP contribution in [0.5, 0.6) is 0 Å². The molecule has 0 fully saturated rings. The molecule has 4 aromatic carbocycles. The Morgan fingerprint density at radius 3 is 1.28 bits per heavy atom. The molecule has 0 saturated heterocycles. The number of nitrogens with zero attached hydrogens (tertiary/aromatic N) is 2. The zero-order chi connectivity index (χ0) is 34.3. The lowest BCUT2D eigenvalue weighted by atomic mass is 9.69. The molecule has 0 aliphatic heterocycles. The second-order valence-electron chi connectivity index (χ2n) is 14.2. The van der Waals surface area contributed by atoms with Crippen LogP contribution < -0.4 is 14.9 Å². The van der Waals surface area contributed by atoms with Crippen LogP contribution in [0.3, 0.4) is 0 Å². The first-order chi connectivity index (χ1) is 22.5. The average molecular weight is 662 g/mol. The van der Waals surface area contributed by atoms with Crippen LogP contribution in [0.25, 0.3) is 0 Å². The van der Waals surface area contributed by atoms with Crippen LogP contribution in [0.2, 0.25) is 18.7 Å². The second kappa shape index (κ2) is 16.5. The third-order valence-corrected chi connectivity index (χ3v) is 17.9. The van der Waals surface area contributed by atoms with Gasteiger partial charge in [0, 0.05) is 16.3 Å². The van der Waals surface area contributed by atoms with Gasteiger partial charge in [-0.1, -0.05) is 179 Å². The van der Waals surface area contributed by atoms with Crippen molar-refractivity contribution in [3.63, 3.8) is 0 Å². The summed E-state index contributed by atoms with van der Waals surface area (Å²) in [6.45, 7) is 26.1. The Morgan fingerprint density at radius 2 is 0.936 bits per heavy atom. The maximum Gasteiger partial charge on any atom is 0.107 e. The Balaban J connectivity index is 2.43. The summed E-state index contributed by atoms with van der Waals surface area (Å²) in [7, 11) is -3.84. The van der Waals surface area contributed by atoms with E-state index in [0.29, 0.717) is 30.0 Å². The van der Waals surface area contributed by atoms with Gasteiger partial charge in [0.05, 0.1) is 5.69 Å². The summed E-state index contributed by atoms with van der Waals surface area (Å²) in [5, 5.41) is 2.68. The van der Waals surface area contributed by atoms with E-state index in [-0.39, 0.29) is 0 Å². The van der Waals surface area contributed by atoms with Gasteiger partial charge in [-0.25, -0.2) is 17.4 Å². The summed E-state index contributed by atoms with van der Waals surface area (Å²) in [5.74, 6) is 1.49. The second-order valence-corrected chi connectivity index (χ2v) is 20.4. The molecule has 4 rings (SSSR count). The molecule has 0 aliphatic rings. The van der Waals surface area contributed by atoms with Gasteiger partial charge in [-0.05, 0) is 54.8 Å². The molecule has 0 N–H and O–H groups in total. The number of benzene rings is 4. The number of hydrogen-bond donors (Lipinski definition) is 0. The highest BCUT2D eigenvalue weighted by molar-refractivity contribution is 7.85. The minimum Gasteiger partial charge on any atom is -0.398 e. The van der Waals surface area contributed by atoms with Crippen molar-refractivity contribution < 1.29 is 0 Å². The lowest BCUT2D eigenvalue weighted by Crippen LogP contribution is -2.52. The average Bonchev–Trinajstić information content (AvgIpc) is 3.07. The molecule has 0 unspecified atom stereocenters. The van der Waals surface area contributed by atoms with Crippen molar-refractivity contribution in [1.82, 2.24) is 0 Å². The zero-order valence-electron chi connectivity index (χ0n) is 31.1. The first kappa shape index (κ1) is 37.0. The summed E-state index contributed by atoms with van der Waals surface area (Å²) < 4.78 is 9.48. The molecule has 47 heavy (non-hydrogen) atoms. The highest BCUT2D eigenvalue weighted by Crippen LogP contribution is 2.60. The number of rotatable bonds is 14. The van der Waals surface area contributed by atoms with Gasteiger partial charge in [-0.3, -0.25) is 0 Å². The molecule has 0 aromatic heterocycles. The summed E-state index contributed by atoms with van der Waals surface area (Å²) in [6, 6.07) is 38.1. The van der Waals surface area contributed by atoms with Crippen LogP contribution in [0.1, 0.15) is 122 Å². The summed E-state index contributed by atoms with van der Waals surface area (Å²) >= 11 is 0. The third kappa shape index (κ3) is 7.60. The van der Waals surface area contributed by atoms with Crippen molar-refractivity contribution >= 4 is 44.3 Å². The standard InChI is InChI=1S/C42H59BN2PSi/c1-12-43(13-2)47(14-3)45(42-39(33(8)9)29-22-30-40(42)34(10)11)46(35-23-17-15-18-24-35,36-25-19-16-20-26-36)44-41-37(31(4)5)27-21-28-38(41)32(6)7/h15-34H,12-14H2,1-11H3/q-1. The molecule has 2 nitrogen and oxygen atoms in total. The highest BCUT2D eigenvalue weighted by Gasteiger charge is 2.38. The topological polar surface area (TPSA) is 15.6 Å². The van der Waals surface area contributed by atoms with Crippen molar-refractivity contribution in [3.8, 4) is 0 Å². The Labute approximate surface area is 290 Å². The van der Waals surface area contributed by atoms with E-state index < -0.39 is 16.0 Å². The van der Waals surface area contributed by atoms with Crippen molar-refractivity contribution in [2.24, 2.45) is 4.74 Å². The molecule has 0 atom stereocenters. The van der Waals surface area contributed by atoms with E-state index in [1.807, 2.05) is 0 Å². The Morgan fingerprint density at radius 1 is 0.553 bits per heavy atom. The number of hydrogen-bond acceptors (Lipinski definition) is 1. The fourth-order valence-electron chi connectivity index (χ4n) is 7.19. The van der Waals surface area contributed by atoms with Gasteiger partial charge in [-0.15, -0.1) is 6.31 Å². The van der Waals surface area contributed by atoms with Gasteiger partial charge in [0.15, 0.2) is 0 Å². The molecule has 0 heterocycles. The third-order valence-electron chi connectivity index (χ3n) is 9.75. The van der Waals surface area contributed by atoms with Gasteiger partial charge in [-0.2, -0.15) is 0 Å². The lowest BCUT2D eigenvalue weighted by Gasteiger charge is -2.53. The molecular formula is C42H59BN2PSi-. The smallest absolute Gasteiger partial charge is 0.107 e. The maximum absolute atomic E-state index is 6.43. The van der Waals surface area contributed by atoms with Crippen molar-refractivity contribution in [2.45, 2.75) is 119 Å². The lowest BCUT2D eigenvalue weighted by molar-refractivity contribution is 0.834. The minimum absolute atomic E-state index is 0.360. The Kier molecular flexibility index (Phi) is 13.0. The largest absolute Gasteiger partial charge is 0.398 e. The van der Waals surface area contributed by atoms with Gasteiger partial charge < -0.3 is 4.34 Å². The van der Waals surface area contributed by atoms with Crippen LogP contribution >= 0.6 is 7.21 Å². The normalized spacial score (nSPS) is 12.3. The van der Waals surface area contributed by atoms with E-state index in [4.69, 9.17) is 4.74 Å². The van der Waals surface area contributed by atoms with E-state index in [0.717, 1.165) is 6.04 Å². The molecule has 0 bridgehead atoms. The predicted molar refractivity (Wildman–Crippen MR) is 216 cm³/mol. The van der Waals surface area contributed by atoms with Crippen LogP contribution in [0, 0.1) is 0 Å². The van der Waals surface area contributed by atoms with Crippen molar-refractivity contribution in [1.29, 1.82) is 0 Å². The highest BCUT2D eigenvalue weighted by atomic mass is 31.2. The van der Waals surface area contributed by atoms with E-state index in [9.17, 15) is 0 Å². The van der Waals surface area contributed by atoms with Gasteiger partial charge in [0.25, 0.3) is 0 Å². The molecule has 2 radical (unpaired) electrons. The van der Waals surface area contributed by atoms with Gasteiger partial charge >= 0.3 is 0 Å². The van der Waals surface area contributed by atoms with E-state index in [1.165, 1.54) is 56.9 Å². The van der Waals surface area contributed by atoms with Gasteiger partial charge in [0.1, 0.15) is 7.21 Å². The number of para-hydroxylation sites is 1. The summed E-state index contributed by atoms with van der Waals surface area (Å²) in [6.07, 6.45) is 2.98. The summed E-state index contributed by atoms with van der Waals surface area (Å²) in [5.41, 5.74) is 8.26. The van der Waals surface area contributed by atoms with Crippen LogP contribution in [-0.2, 0) is 0 Å². The van der Waals surface area contributed by atoms with E-state index in [2.05, 4.69) is 178 Å². The summed E-state index contributed by atoms with van der Waals surface area (Å²) in [4.78, 5) is 0. The van der Waals surface area contributed by atoms with E-state index in [1.54, 1.807) is 0 Å². The van der Waals surface area contributed by atoms with Crippen LogP contribution in [-0.4, -0.2) is 15.1 Å². The fraction of sp³-hybridized carbons (Fsp3) is 0.429. The Hall–Kier alpha value is -2.81. The van der Waals surface area contributed by atoms with Crippen molar-refractivity contribution in [2.75, 3.05) is 4.34 Å². The molecule has 250 valence electrons. The van der Waals surface area contributed by atoms with Gasteiger partial charge in [0.2, 0.25) is 0 Å². The first-order valence-electron chi connectivity index (χ1n) is 18.2. The minimum atomic E-state index is -2.67. The first-order valence-corrected chi connectivity index (χ1v) is 21.6. The van der Waals surface area contributed by atoms with Crippen molar-refractivity contribution in [3.05, 3.63) is 119 Å². The quantitative estimate of drug-likeness (QED) is 0.0970. The van der Waals surface area contributed by atoms with E-state index >= 15 is 0 Å². The molecule has 0 aliphatic carbocycles. The number of anilines is 1. The van der Waals surface area contributed by atoms with Crippen LogP contribution in [0.15, 0.2) is 102 Å². The predicted octanol–water partition coefficient (Wildman–Crippen LogP) is 12.7.